The summed E-state index contributed by atoms with van der Waals surface area (Å²) in [6.07, 6.45) is 1.49. The van der Waals surface area contributed by atoms with E-state index >= 15 is 0 Å². The van der Waals surface area contributed by atoms with Crippen molar-refractivity contribution in [3.05, 3.63) is 88.8 Å². The van der Waals surface area contributed by atoms with Crippen molar-refractivity contribution >= 4 is 17.4 Å². The monoisotopic (exact) mass is 486 g/mol. The number of hydrogen-bond donors (Lipinski definition) is 1. The molecule has 1 unspecified atom stereocenters. The quantitative estimate of drug-likeness (QED) is 0.328. The van der Waals surface area contributed by atoms with E-state index in [-0.39, 0.29) is 11.0 Å². The van der Waals surface area contributed by atoms with Crippen molar-refractivity contribution < 1.29 is 19.6 Å². The first kappa shape index (κ1) is 25.4. The summed E-state index contributed by atoms with van der Waals surface area (Å²) in [5, 5.41) is 18.3. The minimum absolute atomic E-state index is 0.00650. The maximum atomic E-state index is 13.9. The number of para-hydroxylation sites is 1. The number of hydrogen-bond acceptors (Lipinski definition) is 4. The minimum atomic E-state index is -0.731. The number of nitrogens with one attached hydrogen (secondary N) is 1. The van der Waals surface area contributed by atoms with E-state index in [1.165, 1.54) is 6.20 Å². The van der Waals surface area contributed by atoms with E-state index in [1.807, 2.05) is 68.7 Å². The van der Waals surface area contributed by atoms with Crippen LogP contribution in [0.1, 0.15) is 49.2 Å². The molecule has 1 N–H and O–H groups in total. The molecule has 0 saturated carbocycles. The van der Waals surface area contributed by atoms with Gasteiger partial charge in [-0.3, -0.25) is 9.59 Å². The second-order valence-corrected chi connectivity index (χ2v) is 10.7. The normalized spacial score (nSPS) is 17.9. The largest absolute Gasteiger partial charge is 0.872 e. The highest BCUT2D eigenvalue weighted by molar-refractivity contribution is 6.46. The fourth-order valence-corrected chi connectivity index (χ4v) is 4.56. The van der Waals surface area contributed by atoms with Crippen LogP contribution in [0.15, 0.2) is 66.4 Å². The maximum absolute atomic E-state index is 13.9. The van der Waals surface area contributed by atoms with Crippen molar-refractivity contribution in [2.75, 3.05) is 27.2 Å². The number of Topliss-reactive ketones (excluding diaryl/α,β-unsaturated/α-hetero) is 1. The van der Waals surface area contributed by atoms with Crippen LogP contribution < -0.4 is 10.0 Å². The van der Waals surface area contributed by atoms with Crippen molar-refractivity contribution in [2.45, 2.75) is 39.2 Å². The van der Waals surface area contributed by atoms with Crippen LogP contribution in [0.5, 0.6) is 0 Å². The van der Waals surface area contributed by atoms with Crippen LogP contribution in [-0.4, -0.2) is 53.6 Å². The second kappa shape index (κ2) is 9.74. The molecule has 7 nitrogen and oxygen atoms in total. The fourth-order valence-electron chi connectivity index (χ4n) is 4.56. The molecule has 1 aromatic heterocycles. The third-order valence-electron chi connectivity index (χ3n) is 6.73. The number of carbonyl (C=O) groups is 2. The van der Waals surface area contributed by atoms with Crippen LogP contribution in [0.4, 0.5) is 0 Å². The minimum Gasteiger partial charge on any atom is -0.872 e. The van der Waals surface area contributed by atoms with Gasteiger partial charge in [0, 0.05) is 16.8 Å². The fraction of sp³-hybridized carbons (Fsp3) is 0.345. The Morgan fingerprint density at radius 2 is 1.67 bits per heavy atom. The van der Waals surface area contributed by atoms with Crippen molar-refractivity contribution in [1.82, 2.24) is 14.7 Å². The smallest absolute Gasteiger partial charge is 0.295 e. The van der Waals surface area contributed by atoms with Gasteiger partial charge in [-0.05, 0) is 35.6 Å². The molecule has 0 spiro atoms. The van der Waals surface area contributed by atoms with Gasteiger partial charge in [0.1, 0.15) is 0 Å². The van der Waals surface area contributed by atoms with E-state index in [9.17, 15) is 14.7 Å². The standard InChI is InChI=1S/C29H34N4O3/c1-19-23(18-30-33(19)22-10-8-7-9-11-22)26(34)24-25(20-12-14-21(15-13-20)29(2,3)4)32(17-16-31(5)6)28(36)27(24)35/h7-15,18,25,34H,16-17H2,1-6H3/b26-24+. The third-order valence-corrected chi connectivity index (χ3v) is 6.73. The Kier molecular flexibility index (Phi) is 6.87. The van der Waals surface area contributed by atoms with Gasteiger partial charge < -0.3 is 14.9 Å². The Morgan fingerprint density at radius 3 is 2.25 bits per heavy atom. The number of aromatic nitrogens is 2. The summed E-state index contributed by atoms with van der Waals surface area (Å²) in [7, 11) is 3.99. The Balaban J connectivity index is 1.84. The number of quaternary nitrogens is 1. The van der Waals surface area contributed by atoms with Gasteiger partial charge in [-0.25, -0.2) is 4.68 Å². The van der Waals surface area contributed by atoms with E-state index in [0.29, 0.717) is 24.3 Å². The van der Waals surface area contributed by atoms with Gasteiger partial charge >= 0.3 is 0 Å². The summed E-state index contributed by atoms with van der Waals surface area (Å²) < 4.78 is 1.68. The van der Waals surface area contributed by atoms with Gasteiger partial charge in [0.05, 0.1) is 45.1 Å². The van der Waals surface area contributed by atoms with Crippen molar-refractivity contribution in [3.8, 4) is 5.69 Å². The number of nitrogens with zero attached hydrogens (tertiary/aromatic N) is 3. The zero-order chi connectivity index (χ0) is 26.2. The van der Waals surface area contributed by atoms with Crippen LogP contribution >= 0.6 is 0 Å². The van der Waals surface area contributed by atoms with E-state index < -0.39 is 23.5 Å². The average molecular weight is 487 g/mol. The summed E-state index contributed by atoms with van der Waals surface area (Å²) in [6.45, 7) is 9.22. The van der Waals surface area contributed by atoms with Gasteiger partial charge in [-0.1, -0.05) is 69.0 Å². The molecule has 0 radical (unpaired) electrons. The molecule has 0 aliphatic carbocycles. The molecule has 3 aromatic rings. The van der Waals surface area contributed by atoms with Gasteiger partial charge in [0.2, 0.25) is 5.78 Å². The molecule has 1 aliphatic heterocycles. The highest BCUT2D eigenvalue weighted by Gasteiger charge is 2.44. The first-order chi connectivity index (χ1) is 17.0. The maximum Gasteiger partial charge on any atom is 0.295 e. The van der Waals surface area contributed by atoms with Crippen molar-refractivity contribution in [1.29, 1.82) is 0 Å². The Labute approximate surface area is 212 Å². The summed E-state index contributed by atoms with van der Waals surface area (Å²) in [4.78, 5) is 29.1. The number of likely N-dealkylation sites (N-methyl/N-ethyl adjacent to an activating group) is 1. The molecule has 7 heteroatoms. The van der Waals surface area contributed by atoms with E-state index in [4.69, 9.17) is 0 Å². The summed E-state index contributed by atoms with van der Waals surface area (Å²) in [5.74, 6) is -1.80. The second-order valence-electron chi connectivity index (χ2n) is 10.7. The zero-order valence-electron chi connectivity index (χ0n) is 21.8. The van der Waals surface area contributed by atoms with E-state index in [0.717, 1.165) is 21.7 Å². The number of carbonyl (C=O) groups excluding carboxylic acids is 2. The van der Waals surface area contributed by atoms with Crippen LogP contribution in [0.2, 0.25) is 0 Å². The number of ketones is 1. The molecule has 1 amide bonds. The van der Waals surface area contributed by atoms with Crippen molar-refractivity contribution in [3.63, 3.8) is 0 Å². The summed E-state index contributed by atoms with van der Waals surface area (Å²) in [5.41, 5.74) is 3.61. The lowest BCUT2D eigenvalue weighted by Crippen LogP contribution is -3.06. The van der Waals surface area contributed by atoms with Gasteiger partial charge in [-0.15, -0.1) is 0 Å². The molecular weight excluding hydrogens is 452 g/mol. The number of benzene rings is 2. The summed E-state index contributed by atoms with van der Waals surface area (Å²) in [6, 6.07) is 16.7. The SMILES string of the molecule is Cc1c(/C([O-])=C2\C(=O)C(=O)N(CC[NH+](C)C)C2c2ccc(C(C)(C)C)cc2)cnn1-c1ccccc1. The lowest BCUT2D eigenvalue weighted by atomic mass is 9.85. The molecule has 2 aromatic carbocycles. The lowest BCUT2D eigenvalue weighted by molar-refractivity contribution is -0.857. The molecule has 36 heavy (non-hydrogen) atoms. The first-order valence-electron chi connectivity index (χ1n) is 12.3. The lowest BCUT2D eigenvalue weighted by Gasteiger charge is -2.28. The molecule has 2 heterocycles. The van der Waals surface area contributed by atoms with Crippen LogP contribution in [0, 0.1) is 6.92 Å². The number of amides is 1. The van der Waals surface area contributed by atoms with E-state index in [1.54, 1.807) is 16.5 Å². The molecule has 1 aliphatic rings. The summed E-state index contributed by atoms with van der Waals surface area (Å²) >= 11 is 0. The Bertz CT molecular complexity index is 1300. The van der Waals surface area contributed by atoms with Crippen molar-refractivity contribution in [2.24, 2.45) is 0 Å². The number of rotatable bonds is 6. The molecule has 1 fully saturated rings. The third kappa shape index (κ3) is 4.71. The first-order valence-corrected chi connectivity index (χ1v) is 12.3. The highest BCUT2D eigenvalue weighted by atomic mass is 16.3. The van der Waals surface area contributed by atoms with E-state index in [2.05, 4.69) is 25.9 Å². The molecule has 4 rings (SSSR count). The topological polar surface area (TPSA) is 82.7 Å². The Morgan fingerprint density at radius 1 is 1.03 bits per heavy atom. The average Bonchev–Trinajstić information content (AvgIpc) is 3.34. The zero-order valence-corrected chi connectivity index (χ0v) is 21.8. The molecule has 0 bridgehead atoms. The molecule has 188 valence electrons. The Hall–Kier alpha value is -3.71. The van der Waals surface area contributed by atoms with Crippen LogP contribution in [0.25, 0.3) is 11.4 Å². The van der Waals surface area contributed by atoms with Gasteiger partial charge in [-0.2, -0.15) is 5.10 Å². The highest BCUT2D eigenvalue weighted by Crippen LogP contribution is 2.39. The van der Waals surface area contributed by atoms with Gasteiger partial charge in [0.15, 0.2) is 0 Å². The predicted octanol–water partition coefficient (Wildman–Crippen LogP) is 1.85. The molecule has 1 atom stereocenters. The van der Waals surface area contributed by atoms with Crippen LogP contribution in [-0.2, 0) is 15.0 Å². The van der Waals surface area contributed by atoms with Crippen LogP contribution in [0.3, 0.4) is 0 Å². The number of likely N-dealkylation sites (tertiary alicyclic amines) is 1. The predicted molar refractivity (Wildman–Crippen MR) is 138 cm³/mol. The van der Waals surface area contributed by atoms with Gasteiger partial charge in [0.25, 0.3) is 5.91 Å². The molecule has 1 saturated heterocycles. The molecular formula is C29H34N4O3.